The summed E-state index contributed by atoms with van der Waals surface area (Å²) in [6.07, 6.45) is 0.527. The second kappa shape index (κ2) is 9.20. The second-order valence-electron chi connectivity index (χ2n) is 9.92. The first-order valence-electron chi connectivity index (χ1n) is 12.4. The van der Waals surface area contributed by atoms with Gasteiger partial charge in [-0.25, -0.2) is 4.52 Å². The van der Waals surface area contributed by atoms with E-state index in [-0.39, 0.29) is 5.75 Å². The normalized spacial score (nSPS) is 21.9. The van der Waals surface area contributed by atoms with Crippen LogP contribution in [-0.4, -0.2) is 51.5 Å². The number of alkyl halides is 3. The first-order chi connectivity index (χ1) is 17.7. The number of nitrogens with zero attached hydrogens (tertiary/aromatic N) is 6. The standard InChI is InChI=1S/C26H27F3N6OS/c1-16-12-23(37-32-16)34-14-18-7-4-10-22(21(18)15-34)33(2)25-30-24-20(9-5-11-35(24)31-25)17-6-3-8-19(13-17)36-26(27,28)29/h3,5-6,8-9,11-13,18,21-22H,4,7,10,14-15H2,1-2H3/t18?,21?,22-/m1/s1. The Bertz CT molecular complexity index is 1420. The van der Waals surface area contributed by atoms with E-state index in [2.05, 4.69) is 32.0 Å². The number of benzene rings is 1. The predicted molar refractivity (Wildman–Crippen MR) is 137 cm³/mol. The van der Waals surface area contributed by atoms with Crippen molar-refractivity contribution in [2.45, 2.75) is 38.6 Å². The average Bonchev–Trinajstić information content (AvgIpc) is 3.59. The van der Waals surface area contributed by atoms with Crippen LogP contribution in [-0.2, 0) is 0 Å². The Morgan fingerprint density at radius 2 is 1.97 bits per heavy atom. The Morgan fingerprint density at radius 1 is 1.11 bits per heavy atom. The summed E-state index contributed by atoms with van der Waals surface area (Å²) in [6, 6.07) is 12.1. The molecule has 1 saturated carbocycles. The largest absolute Gasteiger partial charge is 0.573 e. The van der Waals surface area contributed by atoms with Crippen molar-refractivity contribution in [3.8, 4) is 16.9 Å². The Kier molecular flexibility index (Phi) is 5.97. The minimum atomic E-state index is -4.75. The molecule has 1 aliphatic heterocycles. The molecule has 37 heavy (non-hydrogen) atoms. The summed E-state index contributed by atoms with van der Waals surface area (Å²) in [4.78, 5) is 9.52. The number of hydrogen-bond acceptors (Lipinski definition) is 7. The van der Waals surface area contributed by atoms with Gasteiger partial charge in [0.2, 0.25) is 5.95 Å². The van der Waals surface area contributed by atoms with Crippen LogP contribution in [0.3, 0.4) is 0 Å². The van der Waals surface area contributed by atoms with E-state index in [9.17, 15) is 13.2 Å². The van der Waals surface area contributed by atoms with E-state index in [1.54, 1.807) is 28.2 Å². The molecule has 1 aliphatic carbocycles. The van der Waals surface area contributed by atoms with E-state index in [4.69, 9.17) is 10.1 Å². The van der Waals surface area contributed by atoms with Gasteiger partial charge >= 0.3 is 6.36 Å². The number of aryl methyl sites for hydroxylation is 1. The minimum Gasteiger partial charge on any atom is -0.406 e. The third kappa shape index (κ3) is 4.72. The highest BCUT2D eigenvalue weighted by atomic mass is 32.1. The zero-order chi connectivity index (χ0) is 25.7. The smallest absolute Gasteiger partial charge is 0.406 e. The van der Waals surface area contributed by atoms with Crippen LogP contribution in [0.25, 0.3) is 16.8 Å². The molecular weight excluding hydrogens is 501 g/mol. The molecular formula is C26H27F3N6OS. The number of hydrogen-bond donors (Lipinski definition) is 0. The number of pyridine rings is 1. The molecule has 0 amide bonds. The summed E-state index contributed by atoms with van der Waals surface area (Å²) >= 11 is 1.57. The van der Waals surface area contributed by atoms with Gasteiger partial charge in [0.15, 0.2) is 5.65 Å². The lowest BCUT2D eigenvalue weighted by atomic mass is 9.77. The lowest BCUT2D eigenvalue weighted by Crippen LogP contribution is -2.44. The highest BCUT2D eigenvalue weighted by Gasteiger charge is 2.43. The highest BCUT2D eigenvalue weighted by Crippen LogP contribution is 2.42. The monoisotopic (exact) mass is 528 g/mol. The van der Waals surface area contributed by atoms with Gasteiger partial charge in [0.25, 0.3) is 0 Å². The summed E-state index contributed by atoms with van der Waals surface area (Å²) in [7, 11) is 2.05. The molecule has 4 heterocycles. The van der Waals surface area contributed by atoms with Crippen LogP contribution in [0.1, 0.15) is 25.0 Å². The maximum absolute atomic E-state index is 12.8. The third-order valence-electron chi connectivity index (χ3n) is 7.53. The summed E-state index contributed by atoms with van der Waals surface area (Å²) in [5.74, 6) is 1.47. The fourth-order valence-electron chi connectivity index (χ4n) is 5.88. The molecule has 2 unspecified atom stereocenters. The molecule has 0 spiro atoms. The SMILES string of the molecule is Cc1cc(N2CC3CCC[C@@H](N(C)c4nc5c(-c6cccc(OC(F)(F)F)c6)cccn5n4)C3C2)sn1. The molecule has 4 aromatic rings. The maximum Gasteiger partial charge on any atom is 0.573 e. The van der Waals surface area contributed by atoms with Gasteiger partial charge < -0.3 is 14.5 Å². The van der Waals surface area contributed by atoms with Crippen LogP contribution >= 0.6 is 11.5 Å². The highest BCUT2D eigenvalue weighted by molar-refractivity contribution is 7.10. The maximum atomic E-state index is 12.8. The van der Waals surface area contributed by atoms with Crippen LogP contribution in [0.5, 0.6) is 5.75 Å². The van der Waals surface area contributed by atoms with Crippen LogP contribution in [0.4, 0.5) is 24.1 Å². The van der Waals surface area contributed by atoms with E-state index in [0.29, 0.717) is 40.6 Å². The van der Waals surface area contributed by atoms with Crippen LogP contribution in [0.15, 0.2) is 48.7 Å². The number of rotatable bonds is 5. The molecule has 1 aromatic carbocycles. The molecule has 7 nitrogen and oxygen atoms in total. The van der Waals surface area contributed by atoms with Gasteiger partial charge in [-0.15, -0.1) is 18.3 Å². The number of halogens is 3. The Labute approximate surface area is 216 Å². The number of aromatic nitrogens is 4. The van der Waals surface area contributed by atoms with Gasteiger partial charge in [0.05, 0.1) is 5.69 Å². The molecule has 2 aliphatic rings. The fourth-order valence-corrected chi connectivity index (χ4v) is 6.66. The molecule has 6 rings (SSSR count). The van der Waals surface area contributed by atoms with Crippen molar-refractivity contribution >= 4 is 28.1 Å². The van der Waals surface area contributed by atoms with Crippen LogP contribution in [0, 0.1) is 18.8 Å². The summed E-state index contributed by atoms with van der Waals surface area (Å²) in [6.45, 7) is 4.07. The summed E-state index contributed by atoms with van der Waals surface area (Å²) < 4.78 is 48.5. The van der Waals surface area contributed by atoms with Gasteiger partial charge in [-0.2, -0.15) is 9.36 Å². The van der Waals surface area contributed by atoms with Crippen molar-refractivity contribution in [1.29, 1.82) is 0 Å². The molecule has 3 aromatic heterocycles. The van der Waals surface area contributed by atoms with E-state index in [1.165, 1.54) is 23.6 Å². The van der Waals surface area contributed by atoms with E-state index in [0.717, 1.165) is 31.6 Å². The Hall–Kier alpha value is -3.34. The van der Waals surface area contributed by atoms with Gasteiger partial charge in [-0.1, -0.05) is 18.6 Å². The van der Waals surface area contributed by atoms with Crippen molar-refractivity contribution in [2.75, 3.05) is 29.9 Å². The Balaban J connectivity index is 1.28. The number of fused-ring (bicyclic) bond motifs is 2. The third-order valence-corrected chi connectivity index (χ3v) is 8.47. The van der Waals surface area contributed by atoms with Gasteiger partial charge in [-0.05, 0) is 73.1 Å². The molecule has 0 bridgehead atoms. The van der Waals surface area contributed by atoms with Crippen molar-refractivity contribution in [3.63, 3.8) is 0 Å². The minimum absolute atomic E-state index is 0.265. The second-order valence-corrected chi connectivity index (χ2v) is 10.7. The number of anilines is 2. The molecule has 0 radical (unpaired) electrons. The van der Waals surface area contributed by atoms with E-state index >= 15 is 0 Å². The first-order valence-corrected chi connectivity index (χ1v) is 13.2. The van der Waals surface area contributed by atoms with Crippen LogP contribution in [0.2, 0.25) is 0 Å². The summed E-state index contributed by atoms with van der Waals surface area (Å²) in [5.41, 5.74) is 2.92. The van der Waals surface area contributed by atoms with Gasteiger partial charge in [0.1, 0.15) is 10.8 Å². The predicted octanol–water partition coefficient (Wildman–Crippen LogP) is 5.80. The molecule has 1 saturated heterocycles. The van der Waals surface area contributed by atoms with Crippen molar-refractivity contribution < 1.29 is 17.9 Å². The fraction of sp³-hybridized carbons (Fsp3) is 0.423. The van der Waals surface area contributed by atoms with E-state index < -0.39 is 6.36 Å². The quantitative estimate of drug-likeness (QED) is 0.326. The lowest BCUT2D eigenvalue weighted by Gasteiger charge is -2.38. The average molecular weight is 529 g/mol. The number of ether oxygens (including phenoxy) is 1. The molecule has 194 valence electrons. The van der Waals surface area contributed by atoms with Crippen molar-refractivity contribution in [3.05, 3.63) is 54.4 Å². The molecule has 2 fully saturated rings. The van der Waals surface area contributed by atoms with Crippen molar-refractivity contribution in [1.82, 2.24) is 19.0 Å². The molecule has 11 heteroatoms. The topological polar surface area (TPSA) is 58.8 Å². The van der Waals surface area contributed by atoms with Crippen LogP contribution < -0.4 is 14.5 Å². The first kappa shape index (κ1) is 24.0. The molecule has 0 N–H and O–H groups in total. The lowest BCUT2D eigenvalue weighted by molar-refractivity contribution is -0.274. The van der Waals surface area contributed by atoms with E-state index in [1.807, 2.05) is 25.3 Å². The van der Waals surface area contributed by atoms with Gasteiger partial charge in [0, 0.05) is 43.9 Å². The van der Waals surface area contributed by atoms with Crippen molar-refractivity contribution in [2.24, 2.45) is 11.8 Å². The summed E-state index contributed by atoms with van der Waals surface area (Å²) in [5, 5.41) is 5.99. The van der Waals surface area contributed by atoms with Gasteiger partial charge in [-0.3, -0.25) is 0 Å². The Morgan fingerprint density at radius 3 is 2.76 bits per heavy atom. The zero-order valence-electron chi connectivity index (χ0n) is 20.5. The zero-order valence-corrected chi connectivity index (χ0v) is 21.3. The molecule has 3 atom stereocenters.